The molecule has 8 nitrogen and oxygen atoms in total. The molecular weight excluding hydrogens is 350 g/mol. The van der Waals surface area contributed by atoms with Crippen LogP contribution < -0.4 is 0 Å². The van der Waals surface area contributed by atoms with Crippen molar-refractivity contribution in [2.24, 2.45) is 0 Å². The van der Waals surface area contributed by atoms with Crippen molar-refractivity contribution in [2.75, 3.05) is 14.2 Å². The van der Waals surface area contributed by atoms with Crippen LogP contribution >= 0.6 is 0 Å². The molecule has 2 aromatic rings. The quantitative estimate of drug-likeness (QED) is 0.805. The molecule has 0 amide bonds. The molecule has 0 aliphatic heterocycles. The molecule has 0 fully saturated rings. The number of ether oxygens (including phenoxy) is 2. The Hall–Kier alpha value is -2.62. The molecule has 1 N–H and O–H groups in total. The van der Waals surface area contributed by atoms with Crippen molar-refractivity contribution >= 4 is 22.6 Å². The average Bonchev–Trinajstić information content (AvgIpc) is 3.03. The van der Waals surface area contributed by atoms with E-state index in [-0.39, 0.29) is 29.2 Å². The van der Waals surface area contributed by atoms with Crippen LogP contribution in [0.5, 0.6) is 5.88 Å². The molecule has 140 valence electrons. The number of esters is 1. The summed E-state index contributed by atoms with van der Waals surface area (Å²) in [6.07, 6.45) is 1.38. The van der Waals surface area contributed by atoms with Crippen LogP contribution in [0.15, 0.2) is 12.3 Å². The van der Waals surface area contributed by atoms with E-state index < -0.39 is 24.5 Å². The number of aromatic hydroxyl groups is 1. The number of carbonyl (C=O) groups excluding carboxylic acids is 1. The molecule has 0 radical (unpaired) electrons. The van der Waals surface area contributed by atoms with Gasteiger partial charge in [-0.3, -0.25) is 0 Å². The maximum absolute atomic E-state index is 12.7. The lowest BCUT2D eigenvalue weighted by molar-refractivity contribution is -0.166. The van der Waals surface area contributed by atoms with Gasteiger partial charge in [-0.1, -0.05) is 6.08 Å². The zero-order chi connectivity index (χ0) is 18.9. The van der Waals surface area contributed by atoms with E-state index in [2.05, 4.69) is 15.1 Å². The van der Waals surface area contributed by atoms with Crippen LogP contribution in [0, 0.1) is 0 Å². The lowest BCUT2D eigenvalue weighted by Gasteiger charge is -2.32. The highest BCUT2D eigenvalue weighted by Gasteiger charge is 2.41. The Morgan fingerprint density at radius 1 is 1.42 bits per heavy atom. The first-order chi connectivity index (χ1) is 12.4. The molecule has 0 saturated heterocycles. The predicted molar refractivity (Wildman–Crippen MR) is 86.6 cm³/mol. The summed E-state index contributed by atoms with van der Waals surface area (Å²) in [5.41, 5.74) is -0.254. The van der Waals surface area contributed by atoms with Gasteiger partial charge >= 0.3 is 5.97 Å². The Balaban J connectivity index is 1.96. The predicted octanol–water partition coefficient (Wildman–Crippen LogP) is 1.92. The van der Waals surface area contributed by atoms with Gasteiger partial charge in [-0.2, -0.15) is 10.1 Å². The number of aromatic nitrogens is 4. The second kappa shape index (κ2) is 6.94. The summed E-state index contributed by atoms with van der Waals surface area (Å²) in [6, 6.07) is 0. The van der Waals surface area contributed by atoms with E-state index in [0.717, 1.165) is 4.68 Å². The van der Waals surface area contributed by atoms with E-state index in [1.165, 1.54) is 20.4 Å². The SMILES string of the molecule is COC(=O)C1(OC)CC=C(c2nc(O)c3cnn(CC(F)F)c3n2)CC1. The maximum Gasteiger partial charge on any atom is 0.338 e. The monoisotopic (exact) mass is 368 g/mol. The van der Waals surface area contributed by atoms with Gasteiger partial charge in [0.1, 0.15) is 11.9 Å². The van der Waals surface area contributed by atoms with Crippen LogP contribution in [0.4, 0.5) is 8.78 Å². The molecule has 0 saturated carbocycles. The summed E-state index contributed by atoms with van der Waals surface area (Å²) in [5, 5.41) is 14.1. The number of carbonyl (C=O) groups is 1. The van der Waals surface area contributed by atoms with Gasteiger partial charge in [-0.15, -0.1) is 0 Å². The van der Waals surface area contributed by atoms with Gasteiger partial charge < -0.3 is 14.6 Å². The molecule has 2 aromatic heterocycles. The second-order valence-electron chi connectivity index (χ2n) is 5.95. The van der Waals surface area contributed by atoms with Crippen LogP contribution in [0.3, 0.4) is 0 Å². The third-order valence-corrected chi connectivity index (χ3v) is 4.50. The van der Waals surface area contributed by atoms with Crippen molar-refractivity contribution in [3.8, 4) is 5.88 Å². The van der Waals surface area contributed by atoms with Gasteiger partial charge in [0.25, 0.3) is 6.43 Å². The Morgan fingerprint density at radius 3 is 2.77 bits per heavy atom. The minimum absolute atomic E-state index is 0.130. The number of methoxy groups -OCH3 is 2. The minimum Gasteiger partial charge on any atom is -0.493 e. The highest BCUT2D eigenvalue weighted by molar-refractivity contribution is 5.83. The van der Waals surface area contributed by atoms with E-state index in [0.29, 0.717) is 18.4 Å². The van der Waals surface area contributed by atoms with Crippen molar-refractivity contribution in [1.29, 1.82) is 0 Å². The number of nitrogens with zero attached hydrogens (tertiary/aromatic N) is 4. The number of rotatable bonds is 5. The van der Waals surface area contributed by atoms with Crippen molar-refractivity contribution in [3.63, 3.8) is 0 Å². The van der Waals surface area contributed by atoms with Crippen LogP contribution in [0.2, 0.25) is 0 Å². The van der Waals surface area contributed by atoms with Crippen LogP contribution in [-0.4, -0.2) is 57.1 Å². The molecule has 3 rings (SSSR count). The molecule has 10 heteroatoms. The minimum atomic E-state index is -2.60. The van der Waals surface area contributed by atoms with Crippen molar-refractivity contribution < 1.29 is 28.2 Å². The number of alkyl halides is 2. The third-order valence-electron chi connectivity index (χ3n) is 4.50. The smallest absolute Gasteiger partial charge is 0.338 e. The number of allylic oxidation sites excluding steroid dienone is 1. The van der Waals surface area contributed by atoms with Crippen LogP contribution in [0.25, 0.3) is 16.6 Å². The fourth-order valence-electron chi connectivity index (χ4n) is 3.02. The summed E-state index contributed by atoms with van der Waals surface area (Å²) < 4.78 is 36.5. The number of halogens is 2. The lowest BCUT2D eigenvalue weighted by atomic mass is 9.85. The Kier molecular flexibility index (Phi) is 4.86. The fourth-order valence-corrected chi connectivity index (χ4v) is 3.02. The molecular formula is C16H18F2N4O4. The van der Waals surface area contributed by atoms with Crippen molar-refractivity contribution in [2.45, 2.75) is 37.8 Å². The zero-order valence-electron chi connectivity index (χ0n) is 14.3. The maximum atomic E-state index is 12.7. The zero-order valence-corrected chi connectivity index (χ0v) is 14.3. The Morgan fingerprint density at radius 2 is 2.19 bits per heavy atom. The second-order valence-corrected chi connectivity index (χ2v) is 5.95. The summed E-state index contributed by atoms with van der Waals surface area (Å²) in [4.78, 5) is 20.3. The van der Waals surface area contributed by atoms with Gasteiger partial charge in [0, 0.05) is 13.5 Å². The van der Waals surface area contributed by atoms with Crippen LogP contribution in [0.1, 0.15) is 25.1 Å². The first-order valence-electron chi connectivity index (χ1n) is 7.94. The number of hydrogen-bond donors (Lipinski definition) is 1. The topological polar surface area (TPSA) is 99.4 Å². The molecule has 1 unspecified atom stereocenters. The highest BCUT2D eigenvalue weighted by atomic mass is 19.3. The van der Waals surface area contributed by atoms with Crippen molar-refractivity contribution in [1.82, 2.24) is 19.7 Å². The molecule has 0 spiro atoms. The van der Waals surface area contributed by atoms with Crippen molar-refractivity contribution in [3.05, 3.63) is 18.1 Å². The third kappa shape index (κ3) is 3.12. The van der Waals surface area contributed by atoms with Crippen LogP contribution in [-0.2, 0) is 20.8 Å². The molecule has 26 heavy (non-hydrogen) atoms. The van der Waals surface area contributed by atoms with Gasteiger partial charge in [0.05, 0.1) is 13.3 Å². The van der Waals surface area contributed by atoms with E-state index in [1.807, 2.05) is 0 Å². The van der Waals surface area contributed by atoms with Gasteiger partial charge in [-0.25, -0.2) is 23.2 Å². The van der Waals surface area contributed by atoms with Gasteiger partial charge in [0.15, 0.2) is 17.1 Å². The molecule has 1 aliphatic rings. The number of hydrogen-bond acceptors (Lipinski definition) is 7. The van der Waals surface area contributed by atoms with E-state index in [1.54, 1.807) is 6.08 Å². The first kappa shape index (κ1) is 18.2. The molecule has 0 aromatic carbocycles. The average molecular weight is 368 g/mol. The molecule has 2 heterocycles. The van der Waals surface area contributed by atoms with E-state index in [4.69, 9.17) is 9.47 Å². The Labute approximate surface area is 147 Å². The Bertz CT molecular complexity index is 867. The van der Waals surface area contributed by atoms with Gasteiger partial charge in [0.2, 0.25) is 5.88 Å². The molecule has 0 bridgehead atoms. The van der Waals surface area contributed by atoms with E-state index >= 15 is 0 Å². The summed E-state index contributed by atoms with van der Waals surface area (Å²) in [7, 11) is 2.73. The largest absolute Gasteiger partial charge is 0.493 e. The standard InChI is InChI=1S/C16H18F2N4O4/c1-25-15(24)16(26-2)5-3-9(4-6-16)12-20-13-10(14(23)21-12)7-19-22(13)8-11(17)18/h3,7,11H,4-6,8H2,1-2H3,(H,20,21,23). The summed E-state index contributed by atoms with van der Waals surface area (Å²) in [6.45, 7) is -0.631. The van der Waals surface area contributed by atoms with Gasteiger partial charge in [-0.05, 0) is 18.4 Å². The van der Waals surface area contributed by atoms with E-state index in [9.17, 15) is 18.7 Å². The highest BCUT2D eigenvalue weighted by Crippen LogP contribution is 2.36. The molecule has 1 aliphatic carbocycles. The lowest BCUT2D eigenvalue weighted by Crippen LogP contribution is -2.42. The molecule has 1 atom stereocenters. The summed E-state index contributed by atoms with van der Waals surface area (Å²) >= 11 is 0. The normalized spacial score (nSPS) is 20.4. The fraction of sp³-hybridized carbons (Fsp3) is 0.500. The first-order valence-corrected chi connectivity index (χ1v) is 7.94. The number of fused-ring (bicyclic) bond motifs is 1. The summed E-state index contributed by atoms with van der Waals surface area (Å²) in [5.74, 6) is -0.590.